The fourth-order valence-electron chi connectivity index (χ4n) is 1.72. The number of benzene rings is 1. The van der Waals surface area contributed by atoms with Crippen LogP contribution in [0.5, 0.6) is 0 Å². The van der Waals surface area contributed by atoms with Gasteiger partial charge in [-0.15, -0.1) is 0 Å². The third-order valence-corrected chi connectivity index (χ3v) is 3.22. The number of nitrogen functional groups attached to an aromatic ring is 1. The van der Waals surface area contributed by atoms with Crippen molar-refractivity contribution in [2.45, 2.75) is 6.42 Å². The summed E-state index contributed by atoms with van der Waals surface area (Å²) < 4.78 is 30.4. The molecule has 8 nitrogen and oxygen atoms in total. The molecular formula is C13H12ClF2N5O3. The highest BCUT2D eigenvalue weighted by Crippen LogP contribution is 2.19. The van der Waals surface area contributed by atoms with Gasteiger partial charge >= 0.3 is 0 Å². The smallest absolute Gasteiger partial charge is 0.277 e. The lowest BCUT2D eigenvalue weighted by Gasteiger charge is -2.08. The van der Waals surface area contributed by atoms with Crippen molar-refractivity contribution in [3.05, 3.63) is 40.0 Å². The average Bonchev–Trinajstić information content (AvgIpc) is 2.96. The third kappa shape index (κ3) is 4.16. The van der Waals surface area contributed by atoms with Crippen LogP contribution in [0.3, 0.4) is 0 Å². The van der Waals surface area contributed by atoms with Crippen LogP contribution in [0.25, 0.3) is 0 Å². The molecule has 0 unspecified atom stereocenters. The van der Waals surface area contributed by atoms with Gasteiger partial charge in [0.2, 0.25) is 11.5 Å². The van der Waals surface area contributed by atoms with Gasteiger partial charge in [-0.2, -0.15) is 0 Å². The maximum Gasteiger partial charge on any atom is 0.277 e. The van der Waals surface area contributed by atoms with Crippen LogP contribution in [0.4, 0.5) is 14.6 Å². The van der Waals surface area contributed by atoms with Crippen molar-refractivity contribution < 1.29 is 23.0 Å². The minimum absolute atomic E-state index is 0.131. The van der Waals surface area contributed by atoms with E-state index in [0.29, 0.717) is 6.42 Å². The number of nitrogens with two attached hydrogens (primary N) is 1. The van der Waals surface area contributed by atoms with E-state index in [1.54, 1.807) is 0 Å². The molecule has 2 amide bonds. The van der Waals surface area contributed by atoms with E-state index in [9.17, 15) is 18.4 Å². The zero-order valence-electron chi connectivity index (χ0n) is 12.1. The monoisotopic (exact) mass is 359 g/mol. The number of halogens is 3. The molecule has 2 rings (SSSR count). The molecule has 0 saturated carbocycles. The Hall–Kier alpha value is -2.75. The van der Waals surface area contributed by atoms with Gasteiger partial charge in [0, 0.05) is 13.1 Å². The lowest BCUT2D eigenvalue weighted by molar-refractivity contribution is 0.0944. The summed E-state index contributed by atoms with van der Waals surface area (Å²) in [5.74, 6) is -3.66. The number of hydrogen-bond acceptors (Lipinski definition) is 6. The maximum absolute atomic E-state index is 13.1. The topological polar surface area (TPSA) is 123 Å². The number of amides is 2. The molecule has 0 spiro atoms. The molecule has 2 aromatic rings. The van der Waals surface area contributed by atoms with E-state index in [-0.39, 0.29) is 35.2 Å². The maximum atomic E-state index is 13.1. The Labute approximate surface area is 139 Å². The van der Waals surface area contributed by atoms with Crippen molar-refractivity contribution in [2.75, 3.05) is 18.8 Å². The molecule has 0 atom stereocenters. The zero-order valence-corrected chi connectivity index (χ0v) is 12.9. The summed E-state index contributed by atoms with van der Waals surface area (Å²) in [7, 11) is 0. The molecule has 11 heteroatoms. The Balaban J connectivity index is 1.76. The number of anilines is 1. The minimum Gasteiger partial charge on any atom is -0.379 e. The number of hydrogen-bond donors (Lipinski definition) is 3. The number of nitrogens with zero attached hydrogens (tertiary/aromatic N) is 2. The van der Waals surface area contributed by atoms with Gasteiger partial charge in [-0.1, -0.05) is 11.6 Å². The van der Waals surface area contributed by atoms with Crippen LogP contribution in [0.15, 0.2) is 16.8 Å². The number of nitrogens with one attached hydrogen (secondary N) is 2. The minimum atomic E-state index is -1.17. The number of carbonyl (C=O) groups excluding carboxylic acids is 2. The van der Waals surface area contributed by atoms with E-state index in [1.807, 2.05) is 0 Å². The van der Waals surface area contributed by atoms with Gasteiger partial charge in [0.05, 0.1) is 10.6 Å². The third-order valence-electron chi connectivity index (χ3n) is 2.91. The van der Waals surface area contributed by atoms with E-state index < -0.39 is 23.4 Å². The molecule has 0 fully saturated rings. The van der Waals surface area contributed by atoms with Crippen molar-refractivity contribution in [1.82, 2.24) is 20.9 Å². The first kappa shape index (κ1) is 17.6. The average molecular weight is 360 g/mol. The van der Waals surface area contributed by atoms with Gasteiger partial charge in [0.15, 0.2) is 11.6 Å². The van der Waals surface area contributed by atoms with E-state index in [4.69, 9.17) is 17.3 Å². The van der Waals surface area contributed by atoms with Crippen LogP contribution < -0.4 is 16.4 Å². The van der Waals surface area contributed by atoms with Gasteiger partial charge in [-0.3, -0.25) is 9.59 Å². The van der Waals surface area contributed by atoms with E-state index in [0.717, 1.165) is 12.1 Å². The van der Waals surface area contributed by atoms with Gasteiger partial charge < -0.3 is 16.4 Å². The normalized spacial score (nSPS) is 10.5. The molecule has 1 aromatic heterocycles. The molecule has 0 aliphatic heterocycles. The Kier molecular flexibility index (Phi) is 5.64. The second-order valence-electron chi connectivity index (χ2n) is 4.61. The number of rotatable bonds is 6. The van der Waals surface area contributed by atoms with Crippen molar-refractivity contribution in [3.63, 3.8) is 0 Å². The van der Waals surface area contributed by atoms with Crippen molar-refractivity contribution in [3.8, 4) is 0 Å². The second-order valence-corrected chi connectivity index (χ2v) is 5.02. The molecule has 0 bridgehead atoms. The van der Waals surface area contributed by atoms with Crippen LogP contribution in [-0.2, 0) is 0 Å². The van der Waals surface area contributed by atoms with Crippen LogP contribution in [0, 0.1) is 11.6 Å². The highest BCUT2D eigenvalue weighted by Gasteiger charge is 2.16. The predicted octanol–water partition coefficient (Wildman–Crippen LogP) is 1.13. The summed E-state index contributed by atoms with van der Waals surface area (Å²) in [6.45, 7) is 0.373. The molecule has 128 valence electrons. The van der Waals surface area contributed by atoms with Crippen LogP contribution in [0.1, 0.15) is 27.3 Å². The largest absolute Gasteiger partial charge is 0.379 e. The Morgan fingerprint density at radius 3 is 2.38 bits per heavy atom. The summed E-state index contributed by atoms with van der Waals surface area (Å²) in [6.07, 6.45) is 0.365. The number of carbonyl (C=O) groups is 2. The summed E-state index contributed by atoms with van der Waals surface area (Å²) in [5.41, 5.74) is 5.05. The first-order valence-electron chi connectivity index (χ1n) is 6.69. The fourth-order valence-corrected chi connectivity index (χ4v) is 1.96. The summed E-state index contributed by atoms with van der Waals surface area (Å²) >= 11 is 5.69. The fraction of sp³-hybridized carbons (Fsp3) is 0.231. The highest BCUT2D eigenvalue weighted by molar-refractivity contribution is 6.33. The SMILES string of the molecule is Nc1nonc1C(=O)NCCCNC(=O)c1cc(F)c(F)cc1Cl. The second kappa shape index (κ2) is 7.68. The van der Waals surface area contributed by atoms with E-state index in [1.165, 1.54) is 0 Å². The van der Waals surface area contributed by atoms with Crippen molar-refractivity contribution >= 4 is 29.2 Å². The Morgan fingerprint density at radius 1 is 1.12 bits per heavy atom. The van der Waals surface area contributed by atoms with Crippen molar-refractivity contribution in [2.24, 2.45) is 0 Å². The van der Waals surface area contributed by atoms with Crippen molar-refractivity contribution in [1.29, 1.82) is 0 Å². The molecule has 0 aliphatic rings. The quantitative estimate of drug-likeness (QED) is 0.525. The first-order chi connectivity index (χ1) is 11.4. The summed E-state index contributed by atoms with van der Waals surface area (Å²) in [4.78, 5) is 23.5. The van der Waals surface area contributed by atoms with Gasteiger partial charge in [-0.05, 0) is 28.9 Å². The predicted molar refractivity (Wildman–Crippen MR) is 79.4 cm³/mol. The highest BCUT2D eigenvalue weighted by atomic mass is 35.5. The zero-order chi connectivity index (χ0) is 17.7. The molecule has 0 saturated heterocycles. The molecule has 0 aliphatic carbocycles. The molecular weight excluding hydrogens is 348 g/mol. The lowest BCUT2D eigenvalue weighted by Crippen LogP contribution is -2.30. The van der Waals surface area contributed by atoms with Crippen LogP contribution in [-0.4, -0.2) is 35.2 Å². The van der Waals surface area contributed by atoms with E-state index >= 15 is 0 Å². The van der Waals surface area contributed by atoms with Crippen LogP contribution >= 0.6 is 11.6 Å². The van der Waals surface area contributed by atoms with Gasteiger partial charge in [-0.25, -0.2) is 13.4 Å². The lowest BCUT2D eigenvalue weighted by atomic mass is 10.2. The van der Waals surface area contributed by atoms with Gasteiger partial charge in [0.1, 0.15) is 0 Å². The first-order valence-corrected chi connectivity index (χ1v) is 7.07. The standard InChI is InChI=1S/C13H12ClF2N5O3/c14-7-5-9(16)8(15)4-6(7)12(22)18-2-1-3-19-13(23)10-11(17)21-24-20-10/h4-5H,1-3H2,(H2,17,21)(H,18,22)(H,19,23). The Bertz CT molecular complexity index is 768. The molecule has 0 radical (unpaired) electrons. The molecule has 1 heterocycles. The molecule has 24 heavy (non-hydrogen) atoms. The molecule has 4 N–H and O–H groups in total. The Morgan fingerprint density at radius 2 is 1.75 bits per heavy atom. The molecule has 1 aromatic carbocycles. The number of aromatic nitrogens is 2. The summed E-state index contributed by atoms with van der Waals surface area (Å²) in [5, 5.41) is 11.4. The van der Waals surface area contributed by atoms with E-state index in [2.05, 4.69) is 25.6 Å². The van der Waals surface area contributed by atoms with Gasteiger partial charge in [0.25, 0.3) is 11.8 Å². The summed E-state index contributed by atoms with van der Waals surface area (Å²) in [6, 6.07) is 1.44. The van der Waals surface area contributed by atoms with Crippen LogP contribution in [0.2, 0.25) is 5.02 Å².